The number of alkyl halides is 3. The Morgan fingerprint density at radius 1 is 1.20 bits per heavy atom. The molecule has 2 heterocycles. The van der Waals surface area contributed by atoms with Crippen molar-refractivity contribution < 1.29 is 23.1 Å². The SMILES string of the molecule is Cc1ccc([C@@H]2C[C@H](C(F)(F)F)n3nc(C(=O)Nc4cccc(O)c4)cc3N2)cc1. The van der Waals surface area contributed by atoms with E-state index in [4.69, 9.17) is 0 Å². The Hall–Kier alpha value is -3.49. The van der Waals surface area contributed by atoms with Crippen LogP contribution < -0.4 is 10.6 Å². The van der Waals surface area contributed by atoms with Crippen molar-refractivity contribution in [2.75, 3.05) is 10.6 Å². The van der Waals surface area contributed by atoms with E-state index in [2.05, 4.69) is 15.7 Å². The predicted octanol–water partition coefficient (Wildman–Crippen LogP) is 4.81. The molecule has 156 valence electrons. The van der Waals surface area contributed by atoms with Crippen LogP contribution in [0.3, 0.4) is 0 Å². The molecule has 0 radical (unpaired) electrons. The number of phenolic OH excluding ortho intramolecular Hbond substituents is 1. The van der Waals surface area contributed by atoms with Crippen molar-refractivity contribution in [3.05, 3.63) is 71.4 Å². The number of aromatic hydroxyl groups is 1. The van der Waals surface area contributed by atoms with E-state index in [1.807, 2.05) is 19.1 Å². The Labute approximate surface area is 170 Å². The maximum atomic E-state index is 13.8. The first kappa shape index (κ1) is 19.8. The van der Waals surface area contributed by atoms with Crippen LogP contribution >= 0.6 is 0 Å². The number of nitrogens with one attached hydrogen (secondary N) is 2. The second-order valence-electron chi connectivity index (χ2n) is 7.26. The Balaban J connectivity index is 1.64. The molecule has 3 N–H and O–H groups in total. The molecule has 0 saturated carbocycles. The van der Waals surface area contributed by atoms with Gasteiger partial charge in [-0.3, -0.25) is 4.79 Å². The molecule has 4 rings (SSSR count). The molecule has 0 saturated heterocycles. The summed E-state index contributed by atoms with van der Waals surface area (Å²) in [5.74, 6) is -0.594. The van der Waals surface area contributed by atoms with Gasteiger partial charge in [-0.05, 0) is 24.6 Å². The van der Waals surface area contributed by atoms with Crippen LogP contribution in [0, 0.1) is 6.92 Å². The van der Waals surface area contributed by atoms with Gasteiger partial charge >= 0.3 is 6.18 Å². The molecule has 1 aromatic heterocycles. The topological polar surface area (TPSA) is 79.2 Å². The highest BCUT2D eigenvalue weighted by Gasteiger charge is 2.46. The highest BCUT2D eigenvalue weighted by molar-refractivity contribution is 6.03. The average molecular weight is 416 g/mol. The van der Waals surface area contributed by atoms with Crippen LogP contribution in [0.5, 0.6) is 5.75 Å². The maximum absolute atomic E-state index is 13.8. The van der Waals surface area contributed by atoms with Crippen molar-refractivity contribution in [1.29, 1.82) is 0 Å². The van der Waals surface area contributed by atoms with Gasteiger partial charge in [0.25, 0.3) is 5.91 Å². The highest BCUT2D eigenvalue weighted by atomic mass is 19.4. The lowest BCUT2D eigenvalue weighted by atomic mass is 9.96. The van der Waals surface area contributed by atoms with E-state index in [1.165, 1.54) is 24.3 Å². The quantitative estimate of drug-likeness (QED) is 0.573. The number of anilines is 2. The monoisotopic (exact) mass is 416 g/mol. The number of aromatic nitrogens is 2. The van der Waals surface area contributed by atoms with Crippen molar-refractivity contribution in [3.63, 3.8) is 0 Å². The van der Waals surface area contributed by atoms with Gasteiger partial charge in [-0.1, -0.05) is 35.9 Å². The molecule has 1 aliphatic heterocycles. The van der Waals surface area contributed by atoms with Gasteiger partial charge in [-0.2, -0.15) is 18.3 Å². The minimum atomic E-state index is -4.52. The lowest BCUT2D eigenvalue weighted by Gasteiger charge is -2.33. The van der Waals surface area contributed by atoms with Gasteiger partial charge in [-0.15, -0.1) is 0 Å². The maximum Gasteiger partial charge on any atom is 0.410 e. The fraction of sp³-hybridized carbons (Fsp3) is 0.238. The van der Waals surface area contributed by atoms with Gasteiger partial charge in [-0.25, -0.2) is 4.68 Å². The number of carbonyl (C=O) groups excluding carboxylic acids is 1. The minimum absolute atomic E-state index is 0.0447. The van der Waals surface area contributed by atoms with Crippen LogP contribution in [0.2, 0.25) is 0 Å². The molecule has 2 atom stereocenters. The van der Waals surface area contributed by atoms with Crippen molar-refractivity contribution in [1.82, 2.24) is 9.78 Å². The second kappa shape index (κ2) is 7.40. The van der Waals surface area contributed by atoms with Crippen molar-refractivity contribution >= 4 is 17.4 Å². The fourth-order valence-electron chi connectivity index (χ4n) is 3.48. The summed E-state index contributed by atoms with van der Waals surface area (Å²) < 4.78 is 42.1. The molecule has 1 amide bonds. The molecule has 1 aliphatic rings. The number of benzene rings is 2. The van der Waals surface area contributed by atoms with E-state index < -0.39 is 24.2 Å². The van der Waals surface area contributed by atoms with Crippen LogP contribution in [0.1, 0.15) is 40.1 Å². The smallest absolute Gasteiger partial charge is 0.410 e. The zero-order valence-electron chi connectivity index (χ0n) is 15.9. The first-order valence-electron chi connectivity index (χ1n) is 9.30. The first-order valence-corrected chi connectivity index (χ1v) is 9.30. The molecular formula is C21H19F3N4O2. The normalized spacial score (nSPS) is 18.4. The lowest BCUT2D eigenvalue weighted by Crippen LogP contribution is -2.35. The Kier molecular flexibility index (Phi) is 4.89. The standard InChI is InChI=1S/C21H19F3N4O2/c1-12-5-7-13(8-6-12)16-10-18(21(22,23)24)28-19(26-16)11-17(27-28)20(30)25-14-3-2-4-15(29)9-14/h2-9,11,16,18,26,29H,10H2,1H3,(H,25,30)/t16-,18+/m0/s1. The van der Waals surface area contributed by atoms with Gasteiger partial charge in [0.15, 0.2) is 11.7 Å². The number of aryl methyl sites for hydroxylation is 1. The van der Waals surface area contributed by atoms with Gasteiger partial charge < -0.3 is 15.7 Å². The Morgan fingerprint density at radius 2 is 1.93 bits per heavy atom. The summed E-state index contributed by atoms with van der Waals surface area (Å²) in [6, 6.07) is 12.0. The highest BCUT2D eigenvalue weighted by Crippen LogP contribution is 2.43. The van der Waals surface area contributed by atoms with Gasteiger partial charge in [0.1, 0.15) is 11.6 Å². The number of halogens is 3. The molecule has 2 aromatic carbocycles. The fourth-order valence-corrected chi connectivity index (χ4v) is 3.48. The number of phenols is 1. The van der Waals surface area contributed by atoms with Gasteiger partial charge in [0, 0.05) is 24.2 Å². The van der Waals surface area contributed by atoms with Gasteiger partial charge in [0.05, 0.1) is 6.04 Å². The summed E-state index contributed by atoms with van der Waals surface area (Å²) in [6.07, 6.45) is -4.76. The van der Waals surface area contributed by atoms with Crippen molar-refractivity contribution in [2.45, 2.75) is 31.6 Å². The second-order valence-corrected chi connectivity index (χ2v) is 7.26. The molecule has 0 aliphatic carbocycles. The molecule has 0 spiro atoms. The molecule has 3 aromatic rings. The summed E-state index contributed by atoms with van der Waals surface area (Å²) in [5, 5.41) is 19.0. The number of amides is 1. The molecule has 0 unspecified atom stereocenters. The zero-order valence-corrected chi connectivity index (χ0v) is 15.9. The molecular weight excluding hydrogens is 397 g/mol. The van der Waals surface area contributed by atoms with Crippen LogP contribution in [0.4, 0.5) is 24.7 Å². The molecule has 0 bridgehead atoms. The van der Waals surface area contributed by atoms with Crippen molar-refractivity contribution in [3.8, 4) is 5.75 Å². The summed E-state index contributed by atoms with van der Waals surface area (Å²) in [7, 11) is 0. The van der Waals surface area contributed by atoms with E-state index >= 15 is 0 Å². The number of carbonyl (C=O) groups is 1. The van der Waals surface area contributed by atoms with Crippen LogP contribution in [-0.2, 0) is 0 Å². The molecule has 9 heteroatoms. The Bertz CT molecular complexity index is 1080. The lowest BCUT2D eigenvalue weighted by molar-refractivity contribution is -0.173. The van der Waals surface area contributed by atoms with E-state index in [9.17, 15) is 23.1 Å². The zero-order chi connectivity index (χ0) is 21.5. The summed E-state index contributed by atoms with van der Waals surface area (Å²) in [4.78, 5) is 12.5. The Morgan fingerprint density at radius 3 is 2.60 bits per heavy atom. The number of nitrogens with zero attached hydrogens (tertiary/aromatic N) is 2. The van der Waals surface area contributed by atoms with E-state index in [0.29, 0.717) is 5.69 Å². The predicted molar refractivity (Wildman–Crippen MR) is 106 cm³/mol. The number of rotatable bonds is 3. The third-order valence-electron chi connectivity index (χ3n) is 5.01. The largest absolute Gasteiger partial charge is 0.508 e. The minimum Gasteiger partial charge on any atom is -0.508 e. The average Bonchev–Trinajstić information content (AvgIpc) is 3.11. The molecule has 30 heavy (non-hydrogen) atoms. The molecule has 0 fully saturated rings. The molecule has 6 nitrogen and oxygen atoms in total. The van der Waals surface area contributed by atoms with Crippen LogP contribution in [0.25, 0.3) is 0 Å². The third kappa shape index (κ3) is 3.96. The van der Waals surface area contributed by atoms with Crippen molar-refractivity contribution in [2.24, 2.45) is 0 Å². The summed E-state index contributed by atoms with van der Waals surface area (Å²) >= 11 is 0. The van der Waals surface area contributed by atoms with E-state index in [-0.39, 0.29) is 23.7 Å². The van der Waals surface area contributed by atoms with E-state index in [0.717, 1.165) is 15.8 Å². The van der Waals surface area contributed by atoms with E-state index in [1.54, 1.807) is 18.2 Å². The first-order chi connectivity index (χ1) is 14.2. The number of hydrogen-bond donors (Lipinski definition) is 3. The van der Waals surface area contributed by atoms with Crippen LogP contribution in [-0.4, -0.2) is 27.0 Å². The number of fused-ring (bicyclic) bond motifs is 1. The van der Waals surface area contributed by atoms with Crippen LogP contribution in [0.15, 0.2) is 54.6 Å². The summed E-state index contributed by atoms with van der Waals surface area (Å²) in [6.45, 7) is 1.91. The third-order valence-corrected chi connectivity index (χ3v) is 5.01. The number of hydrogen-bond acceptors (Lipinski definition) is 4. The van der Waals surface area contributed by atoms with Gasteiger partial charge in [0.2, 0.25) is 0 Å². The summed E-state index contributed by atoms with van der Waals surface area (Å²) in [5.41, 5.74) is 1.90.